The molecule has 8 heteroatoms. The predicted octanol–water partition coefficient (Wildman–Crippen LogP) is 2.42. The van der Waals surface area contributed by atoms with Crippen LogP contribution in [0.25, 0.3) is 0 Å². The molecule has 24 heavy (non-hydrogen) atoms. The number of hydrogen-bond acceptors (Lipinski definition) is 3. The number of alkyl halides is 3. The van der Waals surface area contributed by atoms with Crippen LogP contribution in [0.15, 0.2) is 29.3 Å². The molecule has 0 bridgehead atoms. The molecule has 0 aromatic heterocycles. The minimum absolute atomic E-state index is 0.0390. The molecule has 1 unspecified atom stereocenters. The highest BCUT2D eigenvalue weighted by atomic mass is 19.4. The molecule has 1 aromatic rings. The number of nitrogens with zero attached hydrogens (tertiary/aromatic N) is 2. The van der Waals surface area contributed by atoms with Gasteiger partial charge in [0.1, 0.15) is 5.75 Å². The Balaban J connectivity index is 2.61. The monoisotopic (exact) mass is 346 g/mol. The summed E-state index contributed by atoms with van der Waals surface area (Å²) in [7, 11) is 7.02. The number of nitrogens with one attached hydrogen (secondary N) is 2. The Morgan fingerprint density at radius 2 is 1.83 bits per heavy atom. The highest BCUT2D eigenvalue weighted by Crippen LogP contribution is 2.21. The highest BCUT2D eigenvalue weighted by Gasteiger charge is 2.26. The van der Waals surface area contributed by atoms with Crippen LogP contribution >= 0.6 is 0 Å². The number of methoxy groups -OCH3 is 1. The van der Waals surface area contributed by atoms with E-state index in [9.17, 15) is 13.2 Å². The van der Waals surface area contributed by atoms with E-state index in [0.717, 1.165) is 11.3 Å². The van der Waals surface area contributed by atoms with E-state index in [1.807, 2.05) is 43.3 Å². The molecule has 2 N–H and O–H groups in total. The van der Waals surface area contributed by atoms with E-state index in [1.165, 1.54) is 7.05 Å². The molecular weight excluding hydrogens is 321 g/mol. The van der Waals surface area contributed by atoms with Crippen LogP contribution in [-0.2, 0) is 0 Å². The first-order chi connectivity index (χ1) is 11.3. The molecule has 0 saturated carbocycles. The molecule has 0 amide bonds. The summed E-state index contributed by atoms with van der Waals surface area (Å²) in [6.07, 6.45) is -5.08. The summed E-state index contributed by atoms with van der Waals surface area (Å²) in [5.74, 6) is 1.12. The molecule has 0 saturated heterocycles. The fraction of sp³-hybridized carbons (Fsp3) is 0.562. The number of ether oxygens (including phenoxy) is 1. The molecule has 1 rings (SSSR count). The number of guanidine groups is 1. The summed E-state index contributed by atoms with van der Waals surface area (Å²) in [4.78, 5) is 5.97. The minimum Gasteiger partial charge on any atom is -0.497 e. The number of rotatable bonds is 7. The zero-order valence-corrected chi connectivity index (χ0v) is 14.4. The molecule has 0 aliphatic heterocycles. The average Bonchev–Trinajstić information content (AvgIpc) is 2.52. The number of halogens is 3. The lowest BCUT2D eigenvalue weighted by Gasteiger charge is -2.26. The van der Waals surface area contributed by atoms with Gasteiger partial charge >= 0.3 is 6.18 Å². The molecular formula is C16H25F3N4O. The summed E-state index contributed by atoms with van der Waals surface area (Å²) in [6.45, 7) is 0.295. The molecule has 0 aliphatic carbocycles. The van der Waals surface area contributed by atoms with Crippen LogP contribution in [0.2, 0.25) is 0 Å². The smallest absolute Gasteiger partial charge is 0.390 e. The third-order valence-corrected chi connectivity index (χ3v) is 3.51. The van der Waals surface area contributed by atoms with Crippen molar-refractivity contribution < 1.29 is 17.9 Å². The average molecular weight is 346 g/mol. The summed E-state index contributed by atoms with van der Waals surface area (Å²) < 4.78 is 41.7. The summed E-state index contributed by atoms with van der Waals surface area (Å²) >= 11 is 0. The fourth-order valence-corrected chi connectivity index (χ4v) is 2.16. The number of likely N-dealkylation sites (N-methyl/N-ethyl adjacent to an activating group) is 1. The minimum atomic E-state index is -4.18. The first kappa shape index (κ1) is 20.1. The summed E-state index contributed by atoms with van der Waals surface area (Å²) in [6, 6.07) is 7.72. The zero-order valence-electron chi connectivity index (χ0n) is 14.4. The molecule has 0 heterocycles. The molecule has 0 radical (unpaired) electrons. The lowest BCUT2D eigenvalue weighted by Crippen LogP contribution is -2.42. The molecule has 0 spiro atoms. The van der Waals surface area contributed by atoms with Crippen LogP contribution in [-0.4, -0.2) is 58.4 Å². The molecule has 0 aliphatic rings. The van der Waals surface area contributed by atoms with Crippen molar-refractivity contribution in [1.29, 1.82) is 0 Å². The number of aliphatic imine (C=N–C) groups is 1. The van der Waals surface area contributed by atoms with E-state index >= 15 is 0 Å². The van der Waals surface area contributed by atoms with E-state index in [2.05, 4.69) is 15.6 Å². The van der Waals surface area contributed by atoms with Gasteiger partial charge in [-0.15, -0.1) is 0 Å². The van der Waals surface area contributed by atoms with Crippen LogP contribution in [0, 0.1) is 0 Å². The highest BCUT2D eigenvalue weighted by molar-refractivity contribution is 5.79. The van der Waals surface area contributed by atoms with Crippen LogP contribution in [0.5, 0.6) is 5.75 Å². The molecule has 1 atom stereocenters. The van der Waals surface area contributed by atoms with Crippen molar-refractivity contribution in [2.45, 2.75) is 18.6 Å². The second kappa shape index (κ2) is 9.36. The first-order valence-electron chi connectivity index (χ1n) is 7.58. The molecule has 5 nitrogen and oxygen atoms in total. The fourth-order valence-electron chi connectivity index (χ4n) is 2.16. The van der Waals surface area contributed by atoms with Gasteiger partial charge in [0.05, 0.1) is 19.6 Å². The third-order valence-electron chi connectivity index (χ3n) is 3.51. The second-order valence-electron chi connectivity index (χ2n) is 5.50. The van der Waals surface area contributed by atoms with Crippen molar-refractivity contribution in [2.75, 3.05) is 41.3 Å². The SMILES string of the molecule is CN=C(NCCC(F)(F)F)NCC(c1ccc(OC)cc1)N(C)C. The molecule has 1 aromatic carbocycles. The Labute approximate surface area is 140 Å². The van der Waals surface area contributed by atoms with Gasteiger partial charge in [-0.25, -0.2) is 0 Å². The Hall–Kier alpha value is -1.96. The lowest BCUT2D eigenvalue weighted by molar-refractivity contribution is -0.132. The van der Waals surface area contributed by atoms with Crippen LogP contribution in [0.4, 0.5) is 13.2 Å². The normalized spacial score (nSPS) is 13.8. The van der Waals surface area contributed by atoms with Crippen LogP contribution < -0.4 is 15.4 Å². The van der Waals surface area contributed by atoms with E-state index in [0.29, 0.717) is 12.5 Å². The van der Waals surface area contributed by atoms with Gasteiger partial charge in [-0.3, -0.25) is 4.99 Å². The van der Waals surface area contributed by atoms with Crippen molar-refractivity contribution in [2.24, 2.45) is 4.99 Å². The molecule has 136 valence electrons. The predicted molar refractivity (Wildman–Crippen MR) is 89.5 cm³/mol. The second-order valence-corrected chi connectivity index (χ2v) is 5.50. The number of benzene rings is 1. The maximum Gasteiger partial charge on any atom is 0.390 e. The van der Waals surface area contributed by atoms with Gasteiger partial charge in [-0.1, -0.05) is 12.1 Å². The maximum atomic E-state index is 12.2. The Morgan fingerprint density at radius 1 is 1.21 bits per heavy atom. The van der Waals surface area contributed by atoms with Gasteiger partial charge in [-0.05, 0) is 31.8 Å². The Kier molecular flexibility index (Phi) is 7.84. The molecule has 0 fully saturated rings. The van der Waals surface area contributed by atoms with Gasteiger partial charge in [0.2, 0.25) is 0 Å². The summed E-state index contributed by atoms with van der Waals surface area (Å²) in [5, 5.41) is 5.73. The van der Waals surface area contributed by atoms with Gasteiger partial charge in [0.25, 0.3) is 0 Å². The largest absolute Gasteiger partial charge is 0.497 e. The van der Waals surface area contributed by atoms with Gasteiger partial charge in [0, 0.05) is 20.1 Å². The van der Waals surface area contributed by atoms with Crippen molar-refractivity contribution in [3.8, 4) is 5.75 Å². The first-order valence-corrected chi connectivity index (χ1v) is 7.58. The van der Waals surface area contributed by atoms with Crippen molar-refractivity contribution >= 4 is 5.96 Å². The lowest BCUT2D eigenvalue weighted by atomic mass is 10.1. The Bertz CT molecular complexity index is 515. The van der Waals surface area contributed by atoms with Gasteiger partial charge in [0.15, 0.2) is 5.96 Å². The van der Waals surface area contributed by atoms with Crippen LogP contribution in [0.1, 0.15) is 18.0 Å². The quantitative estimate of drug-likeness (QED) is 0.588. The van der Waals surface area contributed by atoms with Gasteiger partial charge in [-0.2, -0.15) is 13.2 Å². The maximum absolute atomic E-state index is 12.2. The zero-order chi connectivity index (χ0) is 18.2. The van der Waals surface area contributed by atoms with Crippen molar-refractivity contribution in [3.05, 3.63) is 29.8 Å². The summed E-state index contributed by atoms with van der Waals surface area (Å²) in [5.41, 5.74) is 1.07. The van der Waals surface area contributed by atoms with Crippen molar-refractivity contribution in [1.82, 2.24) is 15.5 Å². The van der Waals surface area contributed by atoms with E-state index in [4.69, 9.17) is 4.74 Å². The standard InChI is InChI=1S/C16H25F3N4O/c1-20-15(21-10-9-16(17,18)19)22-11-14(23(2)3)12-5-7-13(24-4)8-6-12/h5-8,14H,9-11H2,1-4H3,(H2,20,21,22). The van der Waals surface area contributed by atoms with E-state index < -0.39 is 12.6 Å². The Morgan fingerprint density at radius 3 is 2.29 bits per heavy atom. The number of hydrogen-bond donors (Lipinski definition) is 2. The topological polar surface area (TPSA) is 48.9 Å². The van der Waals surface area contributed by atoms with E-state index in [-0.39, 0.29) is 12.6 Å². The van der Waals surface area contributed by atoms with Crippen molar-refractivity contribution in [3.63, 3.8) is 0 Å². The third kappa shape index (κ3) is 7.08. The van der Waals surface area contributed by atoms with Gasteiger partial charge < -0.3 is 20.3 Å². The van der Waals surface area contributed by atoms with E-state index in [1.54, 1.807) is 7.11 Å². The van der Waals surface area contributed by atoms with Crippen LogP contribution in [0.3, 0.4) is 0 Å².